The monoisotopic (exact) mass is 311 g/mol. The van der Waals surface area contributed by atoms with Crippen molar-refractivity contribution in [2.45, 2.75) is 27.7 Å². The van der Waals surface area contributed by atoms with Gasteiger partial charge in [-0.3, -0.25) is 4.79 Å². The van der Waals surface area contributed by atoms with Crippen molar-refractivity contribution >= 4 is 17.6 Å². The lowest BCUT2D eigenvalue weighted by Gasteiger charge is -2.12. The van der Waals surface area contributed by atoms with Crippen molar-refractivity contribution in [1.29, 1.82) is 0 Å². The standard InChI is InChI=1S/C19H21NO3/c1-5-23-19(22)16-7-6-8-17(14(16)4)20-18(21)15-10-9-12(2)13(3)11-15/h6-11H,5H2,1-4H3,(H,20,21). The number of hydrogen-bond donors (Lipinski definition) is 1. The van der Waals surface area contributed by atoms with E-state index in [1.54, 1.807) is 38.1 Å². The predicted molar refractivity (Wildman–Crippen MR) is 91.0 cm³/mol. The molecule has 0 aliphatic carbocycles. The second kappa shape index (κ2) is 7.09. The van der Waals surface area contributed by atoms with Crippen LogP contribution in [-0.2, 0) is 4.74 Å². The normalized spacial score (nSPS) is 10.3. The minimum Gasteiger partial charge on any atom is -0.462 e. The van der Waals surface area contributed by atoms with Crippen LogP contribution in [0.1, 0.15) is 44.3 Å². The molecule has 0 aliphatic heterocycles. The Morgan fingerprint density at radius 3 is 2.43 bits per heavy atom. The molecule has 0 bridgehead atoms. The Morgan fingerprint density at radius 1 is 1.04 bits per heavy atom. The second-order valence-electron chi connectivity index (χ2n) is 5.45. The summed E-state index contributed by atoms with van der Waals surface area (Å²) >= 11 is 0. The first-order valence-corrected chi connectivity index (χ1v) is 7.59. The van der Waals surface area contributed by atoms with Crippen LogP contribution in [0.3, 0.4) is 0 Å². The van der Waals surface area contributed by atoms with E-state index in [4.69, 9.17) is 4.74 Å². The summed E-state index contributed by atoms with van der Waals surface area (Å²) in [5, 5.41) is 2.86. The fourth-order valence-electron chi connectivity index (χ4n) is 2.28. The third-order valence-corrected chi connectivity index (χ3v) is 3.85. The van der Waals surface area contributed by atoms with E-state index in [1.165, 1.54) is 0 Å². The maximum Gasteiger partial charge on any atom is 0.338 e. The molecule has 0 unspecified atom stereocenters. The lowest BCUT2D eigenvalue weighted by atomic mass is 10.0. The number of carbonyl (C=O) groups is 2. The number of rotatable bonds is 4. The zero-order valence-electron chi connectivity index (χ0n) is 13.9. The average molecular weight is 311 g/mol. The molecule has 0 aromatic heterocycles. The van der Waals surface area contributed by atoms with Gasteiger partial charge in [0.2, 0.25) is 0 Å². The zero-order chi connectivity index (χ0) is 17.0. The van der Waals surface area contributed by atoms with E-state index in [0.717, 1.165) is 11.1 Å². The highest BCUT2D eigenvalue weighted by atomic mass is 16.5. The topological polar surface area (TPSA) is 55.4 Å². The Balaban J connectivity index is 2.26. The second-order valence-corrected chi connectivity index (χ2v) is 5.45. The number of esters is 1. The zero-order valence-corrected chi connectivity index (χ0v) is 13.9. The maximum absolute atomic E-state index is 12.4. The number of benzene rings is 2. The molecule has 0 radical (unpaired) electrons. The van der Waals surface area contributed by atoms with Crippen LogP contribution in [0, 0.1) is 20.8 Å². The molecule has 0 fully saturated rings. The quantitative estimate of drug-likeness (QED) is 0.867. The van der Waals surface area contributed by atoms with E-state index in [-0.39, 0.29) is 11.9 Å². The Hall–Kier alpha value is -2.62. The summed E-state index contributed by atoms with van der Waals surface area (Å²) in [6.45, 7) is 7.85. The summed E-state index contributed by atoms with van der Waals surface area (Å²) in [5.74, 6) is -0.579. The Bertz CT molecular complexity index is 750. The van der Waals surface area contributed by atoms with Gasteiger partial charge in [-0.1, -0.05) is 12.1 Å². The molecule has 0 aliphatic rings. The van der Waals surface area contributed by atoms with Crippen LogP contribution in [0.5, 0.6) is 0 Å². The Kier molecular flexibility index (Phi) is 5.16. The van der Waals surface area contributed by atoms with E-state index in [9.17, 15) is 9.59 Å². The summed E-state index contributed by atoms with van der Waals surface area (Å²) in [4.78, 5) is 24.3. The number of anilines is 1. The molecule has 23 heavy (non-hydrogen) atoms. The van der Waals surface area contributed by atoms with E-state index in [1.807, 2.05) is 26.0 Å². The van der Waals surface area contributed by atoms with Crippen molar-refractivity contribution in [2.24, 2.45) is 0 Å². The third-order valence-electron chi connectivity index (χ3n) is 3.85. The first-order chi connectivity index (χ1) is 10.9. The van der Waals surface area contributed by atoms with Gasteiger partial charge < -0.3 is 10.1 Å². The molecule has 0 saturated heterocycles. The number of amides is 1. The number of nitrogens with one attached hydrogen (secondary N) is 1. The van der Waals surface area contributed by atoms with Crippen molar-refractivity contribution in [3.05, 3.63) is 64.2 Å². The molecule has 0 atom stereocenters. The van der Waals surface area contributed by atoms with Crippen molar-refractivity contribution in [1.82, 2.24) is 0 Å². The molecule has 4 nitrogen and oxygen atoms in total. The van der Waals surface area contributed by atoms with Crippen molar-refractivity contribution in [2.75, 3.05) is 11.9 Å². The maximum atomic E-state index is 12.4. The number of carbonyl (C=O) groups excluding carboxylic acids is 2. The van der Waals surface area contributed by atoms with Crippen LogP contribution in [0.2, 0.25) is 0 Å². The molecule has 2 rings (SSSR count). The molecular weight excluding hydrogens is 290 g/mol. The Labute approximate surface area is 136 Å². The van der Waals surface area contributed by atoms with Gasteiger partial charge in [0.1, 0.15) is 0 Å². The largest absolute Gasteiger partial charge is 0.462 e. The molecule has 1 amide bonds. The Morgan fingerprint density at radius 2 is 1.78 bits per heavy atom. The molecular formula is C19H21NO3. The SMILES string of the molecule is CCOC(=O)c1cccc(NC(=O)c2ccc(C)c(C)c2)c1C. The van der Waals surface area contributed by atoms with Crippen LogP contribution in [0.4, 0.5) is 5.69 Å². The first kappa shape index (κ1) is 16.7. The molecule has 0 heterocycles. The average Bonchev–Trinajstić information content (AvgIpc) is 2.52. The molecule has 1 N–H and O–H groups in total. The van der Waals surface area contributed by atoms with Gasteiger partial charge in [-0.2, -0.15) is 0 Å². The number of aryl methyl sites for hydroxylation is 2. The molecule has 0 saturated carbocycles. The molecule has 2 aromatic rings. The van der Waals surface area contributed by atoms with Crippen molar-refractivity contribution in [3.8, 4) is 0 Å². The van der Waals surface area contributed by atoms with E-state index >= 15 is 0 Å². The van der Waals surface area contributed by atoms with Gasteiger partial charge in [-0.25, -0.2) is 4.79 Å². The highest BCUT2D eigenvalue weighted by Crippen LogP contribution is 2.21. The fraction of sp³-hybridized carbons (Fsp3) is 0.263. The van der Waals surface area contributed by atoms with Crippen LogP contribution in [-0.4, -0.2) is 18.5 Å². The van der Waals surface area contributed by atoms with Gasteiger partial charge >= 0.3 is 5.97 Å². The fourth-order valence-corrected chi connectivity index (χ4v) is 2.28. The van der Waals surface area contributed by atoms with Gasteiger partial charge in [-0.15, -0.1) is 0 Å². The van der Waals surface area contributed by atoms with Gasteiger partial charge in [0, 0.05) is 11.3 Å². The van der Waals surface area contributed by atoms with Gasteiger partial charge in [0.15, 0.2) is 0 Å². The number of hydrogen-bond acceptors (Lipinski definition) is 3. The van der Waals surface area contributed by atoms with Gasteiger partial charge in [-0.05, 0) is 68.7 Å². The molecule has 2 aromatic carbocycles. The van der Waals surface area contributed by atoms with Crippen LogP contribution >= 0.6 is 0 Å². The summed E-state index contributed by atoms with van der Waals surface area (Å²) < 4.78 is 5.03. The van der Waals surface area contributed by atoms with E-state index in [2.05, 4.69) is 5.32 Å². The first-order valence-electron chi connectivity index (χ1n) is 7.59. The van der Waals surface area contributed by atoms with E-state index < -0.39 is 0 Å². The minimum absolute atomic E-state index is 0.197. The lowest BCUT2D eigenvalue weighted by molar-refractivity contribution is 0.0525. The molecule has 0 spiro atoms. The smallest absolute Gasteiger partial charge is 0.338 e. The summed E-state index contributed by atoms with van der Waals surface area (Å²) in [5.41, 5.74) is 4.57. The van der Waals surface area contributed by atoms with Crippen molar-refractivity contribution in [3.63, 3.8) is 0 Å². The van der Waals surface area contributed by atoms with Gasteiger partial charge in [0.25, 0.3) is 5.91 Å². The summed E-state index contributed by atoms with van der Waals surface area (Å²) in [7, 11) is 0. The third kappa shape index (κ3) is 3.77. The molecule has 120 valence electrons. The summed E-state index contributed by atoms with van der Waals surface area (Å²) in [6, 6.07) is 10.8. The molecule has 4 heteroatoms. The lowest BCUT2D eigenvalue weighted by Crippen LogP contribution is -2.15. The van der Waals surface area contributed by atoms with E-state index in [0.29, 0.717) is 29.0 Å². The number of ether oxygens (including phenoxy) is 1. The van der Waals surface area contributed by atoms with Crippen molar-refractivity contribution < 1.29 is 14.3 Å². The predicted octanol–water partition coefficient (Wildman–Crippen LogP) is 4.04. The highest BCUT2D eigenvalue weighted by Gasteiger charge is 2.14. The summed E-state index contributed by atoms with van der Waals surface area (Å²) in [6.07, 6.45) is 0. The van der Waals surface area contributed by atoms with Gasteiger partial charge in [0.05, 0.1) is 12.2 Å². The van der Waals surface area contributed by atoms with Crippen LogP contribution in [0.25, 0.3) is 0 Å². The minimum atomic E-state index is -0.382. The van der Waals surface area contributed by atoms with Crippen LogP contribution < -0.4 is 5.32 Å². The highest BCUT2D eigenvalue weighted by molar-refractivity contribution is 6.05. The van der Waals surface area contributed by atoms with Crippen LogP contribution in [0.15, 0.2) is 36.4 Å².